The molecule has 18 heavy (non-hydrogen) atoms. The van der Waals surface area contributed by atoms with Crippen LogP contribution in [-0.2, 0) is 14.3 Å². The molecular formula is C14H19NO3. The summed E-state index contributed by atoms with van der Waals surface area (Å²) in [6, 6.07) is 8.88. The van der Waals surface area contributed by atoms with Crippen molar-refractivity contribution in [3.05, 3.63) is 35.9 Å². The van der Waals surface area contributed by atoms with Crippen molar-refractivity contribution in [2.45, 2.75) is 31.7 Å². The van der Waals surface area contributed by atoms with Gasteiger partial charge in [0.15, 0.2) is 0 Å². The van der Waals surface area contributed by atoms with Crippen molar-refractivity contribution in [3.63, 3.8) is 0 Å². The first-order valence-corrected chi connectivity index (χ1v) is 6.11. The van der Waals surface area contributed by atoms with Crippen LogP contribution in [-0.4, -0.2) is 24.9 Å². The van der Waals surface area contributed by atoms with Gasteiger partial charge in [0.2, 0.25) is 0 Å². The maximum absolute atomic E-state index is 12.0. The van der Waals surface area contributed by atoms with E-state index in [1.807, 2.05) is 30.3 Å². The fourth-order valence-electron chi connectivity index (χ4n) is 1.88. The lowest BCUT2D eigenvalue weighted by Crippen LogP contribution is -2.35. The van der Waals surface area contributed by atoms with E-state index >= 15 is 0 Å². The van der Waals surface area contributed by atoms with Crippen LogP contribution in [0.5, 0.6) is 0 Å². The van der Waals surface area contributed by atoms with Crippen LogP contribution in [0.3, 0.4) is 0 Å². The van der Waals surface area contributed by atoms with Crippen LogP contribution in [0, 0.1) is 0 Å². The van der Waals surface area contributed by atoms with Crippen molar-refractivity contribution in [3.8, 4) is 0 Å². The van der Waals surface area contributed by atoms with Gasteiger partial charge in [-0.3, -0.25) is 4.79 Å². The number of carbonyl (C=O) groups excluding carboxylic acids is 2. The van der Waals surface area contributed by atoms with Gasteiger partial charge in [0.1, 0.15) is 6.29 Å². The number of esters is 1. The summed E-state index contributed by atoms with van der Waals surface area (Å²) >= 11 is 0. The lowest BCUT2D eigenvalue weighted by Gasteiger charge is -2.22. The smallest absolute Gasteiger partial charge is 0.314 e. The molecule has 0 fully saturated rings. The molecule has 0 bridgehead atoms. The van der Waals surface area contributed by atoms with Gasteiger partial charge in [-0.2, -0.15) is 0 Å². The van der Waals surface area contributed by atoms with Crippen molar-refractivity contribution in [2.75, 3.05) is 6.61 Å². The summed E-state index contributed by atoms with van der Waals surface area (Å²) in [4.78, 5) is 22.3. The molecule has 2 N–H and O–H groups in total. The Bertz CT molecular complexity index is 378. The van der Waals surface area contributed by atoms with Crippen LogP contribution in [0.4, 0.5) is 0 Å². The van der Waals surface area contributed by atoms with Crippen LogP contribution < -0.4 is 5.73 Å². The van der Waals surface area contributed by atoms with E-state index in [0.717, 1.165) is 11.8 Å². The molecule has 0 spiro atoms. The summed E-state index contributed by atoms with van der Waals surface area (Å²) in [5, 5.41) is 0. The van der Waals surface area contributed by atoms with Gasteiger partial charge >= 0.3 is 5.97 Å². The molecule has 0 heterocycles. The molecule has 98 valence electrons. The Morgan fingerprint density at radius 3 is 2.61 bits per heavy atom. The van der Waals surface area contributed by atoms with E-state index in [1.54, 1.807) is 6.92 Å². The van der Waals surface area contributed by atoms with Gasteiger partial charge in [0.05, 0.1) is 12.5 Å². The molecule has 0 aliphatic carbocycles. The zero-order valence-corrected chi connectivity index (χ0v) is 10.5. The Morgan fingerprint density at radius 2 is 2.06 bits per heavy atom. The number of aldehydes is 1. The third-order valence-corrected chi connectivity index (χ3v) is 2.75. The van der Waals surface area contributed by atoms with Gasteiger partial charge in [-0.1, -0.05) is 30.3 Å². The fraction of sp³-hybridized carbons (Fsp3) is 0.429. The second-order valence-electron chi connectivity index (χ2n) is 4.05. The van der Waals surface area contributed by atoms with E-state index in [-0.39, 0.29) is 5.97 Å². The van der Waals surface area contributed by atoms with E-state index in [2.05, 4.69) is 0 Å². The number of benzene rings is 1. The topological polar surface area (TPSA) is 69.4 Å². The van der Waals surface area contributed by atoms with Crippen LogP contribution in [0.15, 0.2) is 30.3 Å². The van der Waals surface area contributed by atoms with E-state index in [4.69, 9.17) is 10.5 Å². The van der Waals surface area contributed by atoms with Crippen molar-refractivity contribution < 1.29 is 14.3 Å². The Labute approximate surface area is 107 Å². The maximum Gasteiger partial charge on any atom is 0.314 e. The van der Waals surface area contributed by atoms with Crippen LogP contribution >= 0.6 is 0 Å². The minimum atomic E-state index is -0.508. The summed E-state index contributed by atoms with van der Waals surface area (Å²) in [5.74, 6) is -0.840. The highest BCUT2D eigenvalue weighted by molar-refractivity contribution is 5.79. The number of carbonyl (C=O) groups is 2. The van der Waals surface area contributed by atoms with E-state index < -0.39 is 12.0 Å². The lowest BCUT2D eigenvalue weighted by atomic mass is 9.89. The van der Waals surface area contributed by atoms with Gasteiger partial charge < -0.3 is 15.3 Å². The SMILES string of the molecule is CCOC(=O)C(c1ccccc1)C(N)CCC=O. The molecule has 0 aromatic heterocycles. The first-order chi connectivity index (χ1) is 8.70. The van der Waals surface area contributed by atoms with Gasteiger partial charge in [-0.15, -0.1) is 0 Å². The molecule has 4 heteroatoms. The number of rotatable bonds is 7. The second kappa shape index (κ2) is 7.61. The average molecular weight is 249 g/mol. The van der Waals surface area contributed by atoms with Crippen LogP contribution in [0.25, 0.3) is 0 Å². The molecule has 1 aromatic carbocycles. The number of hydrogen-bond acceptors (Lipinski definition) is 4. The molecule has 2 unspecified atom stereocenters. The number of nitrogens with two attached hydrogens (primary N) is 1. The Hall–Kier alpha value is -1.68. The van der Waals surface area contributed by atoms with E-state index in [1.165, 1.54) is 0 Å². The zero-order chi connectivity index (χ0) is 13.4. The molecule has 0 aliphatic rings. The molecule has 2 atom stereocenters. The quantitative estimate of drug-likeness (QED) is 0.589. The van der Waals surface area contributed by atoms with Gasteiger partial charge in [0.25, 0.3) is 0 Å². The third kappa shape index (κ3) is 3.96. The minimum absolute atomic E-state index is 0.322. The first-order valence-electron chi connectivity index (χ1n) is 6.11. The van der Waals surface area contributed by atoms with Crippen LogP contribution in [0.1, 0.15) is 31.2 Å². The average Bonchev–Trinajstić information content (AvgIpc) is 2.38. The number of ether oxygens (including phenoxy) is 1. The van der Waals surface area contributed by atoms with Crippen LogP contribution in [0.2, 0.25) is 0 Å². The van der Waals surface area contributed by atoms with Crippen molar-refractivity contribution in [1.82, 2.24) is 0 Å². The molecule has 4 nitrogen and oxygen atoms in total. The summed E-state index contributed by atoms with van der Waals surface area (Å²) in [5.41, 5.74) is 6.84. The van der Waals surface area contributed by atoms with Crippen molar-refractivity contribution >= 4 is 12.3 Å². The Balaban J connectivity index is 2.87. The lowest BCUT2D eigenvalue weighted by molar-refractivity contribution is -0.145. The molecule has 0 saturated heterocycles. The van der Waals surface area contributed by atoms with Gasteiger partial charge in [0, 0.05) is 12.5 Å². The monoisotopic (exact) mass is 249 g/mol. The predicted octanol–water partition coefficient (Wildman–Crippen LogP) is 1.64. The second-order valence-corrected chi connectivity index (χ2v) is 4.05. The first kappa shape index (κ1) is 14.4. The van der Waals surface area contributed by atoms with Gasteiger partial charge in [-0.05, 0) is 18.9 Å². The number of hydrogen-bond donors (Lipinski definition) is 1. The summed E-state index contributed by atoms with van der Waals surface area (Å²) in [7, 11) is 0. The molecule has 1 aromatic rings. The highest BCUT2D eigenvalue weighted by Gasteiger charge is 2.28. The fourth-order valence-corrected chi connectivity index (χ4v) is 1.88. The van der Waals surface area contributed by atoms with Gasteiger partial charge in [-0.25, -0.2) is 0 Å². The standard InChI is InChI=1S/C14H19NO3/c1-2-18-14(17)13(12(15)9-6-10-16)11-7-4-3-5-8-11/h3-5,7-8,10,12-13H,2,6,9,15H2,1H3. The Morgan fingerprint density at radius 1 is 1.39 bits per heavy atom. The summed E-state index contributed by atoms with van der Waals surface area (Å²) < 4.78 is 5.05. The zero-order valence-electron chi connectivity index (χ0n) is 10.5. The highest BCUT2D eigenvalue weighted by Crippen LogP contribution is 2.22. The third-order valence-electron chi connectivity index (χ3n) is 2.75. The Kier molecular flexibility index (Phi) is 6.08. The minimum Gasteiger partial charge on any atom is -0.465 e. The predicted molar refractivity (Wildman–Crippen MR) is 69.1 cm³/mol. The van der Waals surface area contributed by atoms with Crippen molar-refractivity contribution in [1.29, 1.82) is 0 Å². The molecule has 0 aliphatic heterocycles. The maximum atomic E-state index is 12.0. The van der Waals surface area contributed by atoms with Crippen molar-refractivity contribution in [2.24, 2.45) is 5.73 Å². The largest absolute Gasteiger partial charge is 0.465 e. The summed E-state index contributed by atoms with van der Waals surface area (Å²) in [6.07, 6.45) is 1.64. The van der Waals surface area contributed by atoms with E-state index in [0.29, 0.717) is 19.4 Å². The molecular weight excluding hydrogens is 230 g/mol. The normalized spacial score (nSPS) is 13.7. The summed E-state index contributed by atoms with van der Waals surface area (Å²) in [6.45, 7) is 2.08. The molecule has 1 rings (SSSR count). The molecule has 0 radical (unpaired) electrons. The molecule has 0 amide bonds. The highest BCUT2D eigenvalue weighted by atomic mass is 16.5. The van der Waals surface area contributed by atoms with E-state index in [9.17, 15) is 9.59 Å². The molecule has 0 saturated carbocycles.